The maximum atomic E-state index is 13.9. The number of hydrogen-bond donors (Lipinski definition) is 0. The number of hydrogen-bond acceptors (Lipinski definition) is 4. The molecule has 1 saturated heterocycles. The Balaban J connectivity index is 1.62. The zero-order valence-corrected chi connectivity index (χ0v) is 18.5. The van der Waals surface area contributed by atoms with Gasteiger partial charge < -0.3 is 9.80 Å². The first-order chi connectivity index (χ1) is 15.6. The molecule has 0 bridgehead atoms. The molecule has 2 aliphatic rings. The Morgan fingerprint density at radius 2 is 1.47 bits per heavy atom. The molecule has 0 spiro atoms. The lowest BCUT2D eigenvalue weighted by molar-refractivity contribution is -0.120. The molecule has 0 aromatic heterocycles. The summed E-state index contributed by atoms with van der Waals surface area (Å²) in [4.78, 5) is 33.4. The van der Waals surface area contributed by atoms with E-state index in [0.717, 1.165) is 42.3 Å². The minimum Gasteiger partial charge on any atom is -0.366 e. The van der Waals surface area contributed by atoms with Gasteiger partial charge in [0.1, 0.15) is 5.70 Å². The highest BCUT2D eigenvalue weighted by Crippen LogP contribution is 2.38. The third-order valence-electron chi connectivity index (χ3n) is 6.72. The van der Waals surface area contributed by atoms with Crippen molar-refractivity contribution in [2.45, 2.75) is 18.9 Å². The number of likely N-dealkylation sites (tertiary alicyclic amines) is 1. The first-order valence-electron chi connectivity index (χ1n) is 11.1. The van der Waals surface area contributed by atoms with E-state index in [2.05, 4.69) is 16.8 Å². The molecule has 2 heterocycles. The van der Waals surface area contributed by atoms with Gasteiger partial charge in [-0.15, -0.1) is 0 Å². The highest BCUT2D eigenvalue weighted by Gasteiger charge is 2.43. The maximum Gasteiger partial charge on any atom is 0.282 e. The summed E-state index contributed by atoms with van der Waals surface area (Å²) in [6, 6.07) is 23.4. The van der Waals surface area contributed by atoms with Crippen LogP contribution in [0.2, 0.25) is 0 Å². The van der Waals surface area contributed by atoms with E-state index < -0.39 is 0 Å². The molecule has 1 fully saturated rings. The van der Waals surface area contributed by atoms with Gasteiger partial charge in [0.2, 0.25) is 0 Å². The average Bonchev–Trinajstić information content (AvgIpc) is 3.09. The molecule has 3 aromatic carbocycles. The SMILES string of the molecule is CN1CCC(N(C)C2=C(c3ccccc3)C(=O)N(c3cccc4ccccc34)C2=O)CC1. The Hall–Kier alpha value is -3.44. The number of fused-ring (bicyclic) bond motifs is 1. The molecule has 0 N–H and O–H groups in total. The van der Waals surface area contributed by atoms with Crippen molar-refractivity contribution >= 4 is 33.8 Å². The van der Waals surface area contributed by atoms with Gasteiger partial charge in [0.25, 0.3) is 11.8 Å². The topological polar surface area (TPSA) is 43.9 Å². The van der Waals surface area contributed by atoms with Gasteiger partial charge >= 0.3 is 0 Å². The monoisotopic (exact) mass is 425 g/mol. The van der Waals surface area contributed by atoms with Crippen LogP contribution in [0.15, 0.2) is 78.5 Å². The Morgan fingerprint density at radius 1 is 0.812 bits per heavy atom. The van der Waals surface area contributed by atoms with E-state index in [9.17, 15) is 9.59 Å². The largest absolute Gasteiger partial charge is 0.366 e. The Labute approximate surface area is 188 Å². The van der Waals surface area contributed by atoms with Gasteiger partial charge in [-0.05, 0) is 50.0 Å². The summed E-state index contributed by atoms with van der Waals surface area (Å²) in [7, 11) is 4.09. The number of imide groups is 1. The number of carbonyl (C=O) groups is 2. The van der Waals surface area contributed by atoms with E-state index >= 15 is 0 Å². The molecule has 5 rings (SSSR count). The van der Waals surface area contributed by atoms with Crippen molar-refractivity contribution in [3.05, 3.63) is 84.1 Å². The fourth-order valence-electron chi connectivity index (χ4n) is 4.90. The van der Waals surface area contributed by atoms with Gasteiger partial charge in [-0.25, -0.2) is 4.90 Å². The Kier molecular flexibility index (Phi) is 5.27. The molecule has 0 atom stereocenters. The minimum absolute atomic E-state index is 0.226. The summed E-state index contributed by atoms with van der Waals surface area (Å²) in [5, 5.41) is 1.90. The Morgan fingerprint density at radius 3 is 2.22 bits per heavy atom. The van der Waals surface area contributed by atoms with Crippen molar-refractivity contribution in [1.82, 2.24) is 9.80 Å². The van der Waals surface area contributed by atoms with Crippen LogP contribution in [0.1, 0.15) is 18.4 Å². The van der Waals surface area contributed by atoms with Gasteiger partial charge in [0, 0.05) is 18.5 Å². The molecule has 2 aliphatic heterocycles. The van der Waals surface area contributed by atoms with Crippen molar-refractivity contribution in [3.63, 3.8) is 0 Å². The van der Waals surface area contributed by atoms with Crippen molar-refractivity contribution < 1.29 is 9.59 Å². The lowest BCUT2D eigenvalue weighted by Crippen LogP contribution is -2.43. The van der Waals surface area contributed by atoms with E-state index in [1.54, 1.807) is 0 Å². The molecule has 5 heteroatoms. The lowest BCUT2D eigenvalue weighted by Gasteiger charge is -2.36. The second kappa shape index (κ2) is 8.24. The van der Waals surface area contributed by atoms with Crippen molar-refractivity contribution in [2.75, 3.05) is 32.1 Å². The molecule has 2 amide bonds. The van der Waals surface area contributed by atoms with Crippen LogP contribution in [-0.2, 0) is 9.59 Å². The highest BCUT2D eigenvalue weighted by molar-refractivity contribution is 6.46. The minimum atomic E-state index is -0.257. The van der Waals surface area contributed by atoms with Gasteiger partial charge in [-0.3, -0.25) is 9.59 Å². The number of likely N-dealkylation sites (N-methyl/N-ethyl adjacent to an activating group) is 1. The molecular weight excluding hydrogens is 398 g/mol. The highest BCUT2D eigenvalue weighted by atomic mass is 16.2. The summed E-state index contributed by atoms with van der Waals surface area (Å²) in [5.74, 6) is -0.501. The van der Waals surface area contributed by atoms with Crippen LogP contribution in [0.25, 0.3) is 16.3 Å². The van der Waals surface area contributed by atoms with Crippen LogP contribution >= 0.6 is 0 Å². The summed E-state index contributed by atoms with van der Waals surface area (Å²) < 4.78 is 0. The van der Waals surface area contributed by atoms with Crippen LogP contribution in [0.5, 0.6) is 0 Å². The number of benzene rings is 3. The van der Waals surface area contributed by atoms with Gasteiger partial charge in [0.05, 0.1) is 11.3 Å². The van der Waals surface area contributed by atoms with Gasteiger partial charge in [-0.2, -0.15) is 0 Å². The van der Waals surface area contributed by atoms with Crippen molar-refractivity contribution in [3.8, 4) is 0 Å². The second-order valence-corrected chi connectivity index (χ2v) is 8.68. The maximum absolute atomic E-state index is 13.9. The van der Waals surface area contributed by atoms with E-state index in [0.29, 0.717) is 17.0 Å². The summed E-state index contributed by atoms with van der Waals surface area (Å²) >= 11 is 0. The van der Waals surface area contributed by atoms with Gasteiger partial charge in [0.15, 0.2) is 0 Å². The van der Waals surface area contributed by atoms with Crippen LogP contribution in [0.4, 0.5) is 5.69 Å². The van der Waals surface area contributed by atoms with E-state index in [1.165, 1.54) is 4.90 Å². The zero-order chi connectivity index (χ0) is 22.2. The van der Waals surface area contributed by atoms with Crippen LogP contribution in [0.3, 0.4) is 0 Å². The first-order valence-corrected chi connectivity index (χ1v) is 11.1. The van der Waals surface area contributed by atoms with Crippen molar-refractivity contribution in [2.24, 2.45) is 0 Å². The smallest absolute Gasteiger partial charge is 0.282 e. The predicted octanol–water partition coefficient (Wildman–Crippen LogP) is 4.15. The molecule has 0 radical (unpaired) electrons. The average molecular weight is 426 g/mol. The quantitative estimate of drug-likeness (QED) is 0.589. The molecule has 32 heavy (non-hydrogen) atoms. The number of rotatable bonds is 4. The van der Waals surface area contributed by atoms with Crippen LogP contribution in [0, 0.1) is 0 Å². The number of amides is 2. The van der Waals surface area contributed by atoms with Crippen LogP contribution < -0.4 is 4.90 Å². The summed E-state index contributed by atoms with van der Waals surface area (Å²) in [6.07, 6.45) is 1.93. The zero-order valence-electron chi connectivity index (χ0n) is 18.5. The lowest BCUT2D eigenvalue weighted by atomic mass is 10.0. The third-order valence-corrected chi connectivity index (χ3v) is 6.72. The summed E-state index contributed by atoms with van der Waals surface area (Å²) in [6.45, 7) is 1.97. The van der Waals surface area contributed by atoms with Crippen LogP contribution in [-0.4, -0.2) is 54.8 Å². The van der Waals surface area contributed by atoms with E-state index in [1.807, 2.05) is 79.8 Å². The third kappa shape index (κ3) is 3.39. The molecule has 0 aliphatic carbocycles. The fraction of sp³-hybridized carbons (Fsp3) is 0.259. The van der Waals surface area contributed by atoms with E-state index in [4.69, 9.17) is 0 Å². The second-order valence-electron chi connectivity index (χ2n) is 8.68. The fourth-order valence-corrected chi connectivity index (χ4v) is 4.90. The molecule has 5 nitrogen and oxygen atoms in total. The first kappa shape index (κ1) is 20.5. The summed E-state index contributed by atoms with van der Waals surface area (Å²) in [5.41, 5.74) is 2.41. The molecule has 162 valence electrons. The Bertz CT molecular complexity index is 1200. The number of piperidine rings is 1. The number of anilines is 1. The molecular formula is C27H27N3O2. The van der Waals surface area contributed by atoms with E-state index in [-0.39, 0.29) is 17.9 Å². The standard InChI is InChI=1S/C27H27N3O2/c1-28-17-15-21(16-18-28)29(2)25-24(20-10-4-3-5-11-20)26(31)30(27(25)32)23-14-8-12-19-9-6-7-13-22(19)23/h3-14,21H,15-18H2,1-2H3. The predicted molar refractivity (Wildman–Crippen MR) is 128 cm³/mol. The number of carbonyl (C=O) groups excluding carboxylic acids is 2. The molecule has 0 saturated carbocycles. The van der Waals surface area contributed by atoms with Crippen molar-refractivity contribution in [1.29, 1.82) is 0 Å². The van der Waals surface area contributed by atoms with Gasteiger partial charge in [-0.1, -0.05) is 66.7 Å². The number of nitrogens with zero attached hydrogens (tertiary/aromatic N) is 3. The molecule has 3 aromatic rings. The molecule has 0 unspecified atom stereocenters. The normalized spacial score (nSPS) is 18.1.